The number of carbonyl (C=O) groups excluding carboxylic acids is 2. The lowest BCUT2D eigenvalue weighted by Crippen LogP contribution is -2.54. The average Bonchev–Trinajstić information content (AvgIpc) is 3.50. The Kier molecular flexibility index (Phi) is 11.2. The molecule has 3 N–H and O–H groups in total. The lowest BCUT2D eigenvalue weighted by molar-refractivity contribution is -0.143. The van der Waals surface area contributed by atoms with Crippen molar-refractivity contribution in [3.05, 3.63) is 167 Å². The Morgan fingerprint density at radius 1 is 0.706 bits per heavy atom. The van der Waals surface area contributed by atoms with Gasteiger partial charge in [-0.1, -0.05) is 160 Å². The van der Waals surface area contributed by atoms with Gasteiger partial charge >= 0.3 is 12.1 Å². The Labute approximate surface area is 303 Å². The van der Waals surface area contributed by atoms with Crippen LogP contribution in [0.3, 0.4) is 0 Å². The summed E-state index contributed by atoms with van der Waals surface area (Å²) in [7, 11) is 0. The zero-order valence-electron chi connectivity index (χ0n) is 28.7. The van der Waals surface area contributed by atoms with E-state index in [4.69, 9.17) is 4.74 Å². The molecule has 0 unspecified atom stereocenters. The maximum Gasteiger partial charge on any atom is 0.407 e. The molecule has 8 heteroatoms. The minimum absolute atomic E-state index is 0.0773. The minimum Gasteiger partial charge on any atom is -0.480 e. The smallest absolute Gasteiger partial charge is 0.407 e. The topological polar surface area (TPSA) is 105 Å². The third-order valence-electron chi connectivity index (χ3n) is 9.74. The molecular weight excluding hydrogens is 657 g/mol. The highest BCUT2D eigenvalue weighted by molar-refractivity contribution is 8.00. The summed E-state index contributed by atoms with van der Waals surface area (Å²) < 4.78 is 5.10. The van der Waals surface area contributed by atoms with Crippen LogP contribution in [-0.2, 0) is 19.1 Å². The van der Waals surface area contributed by atoms with Crippen molar-refractivity contribution in [1.29, 1.82) is 0 Å². The Hall–Kier alpha value is -5.34. The van der Waals surface area contributed by atoms with E-state index in [0.717, 1.165) is 38.9 Å². The third-order valence-corrected chi connectivity index (χ3v) is 11.4. The van der Waals surface area contributed by atoms with Gasteiger partial charge in [-0.2, -0.15) is 0 Å². The summed E-state index contributed by atoms with van der Waals surface area (Å²) in [5.74, 6) is -2.09. The van der Waals surface area contributed by atoms with E-state index in [1.807, 2.05) is 97.9 Å². The highest BCUT2D eigenvalue weighted by atomic mass is 32.2. The summed E-state index contributed by atoms with van der Waals surface area (Å²) in [6, 6.07) is 44.1. The second kappa shape index (κ2) is 16.1. The highest BCUT2D eigenvalue weighted by Gasteiger charge is 2.39. The number of benzene rings is 5. The van der Waals surface area contributed by atoms with E-state index in [9.17, 15) is 19.5 Å². The van der Waals surface area contributed by atoms with E-state index < -0.39 is 34.8 Å². The number of nitrogens with one attached hydrogen (secondary N) is 2. The van der Waals surface area contributed by atoms with Gasteiger partial charge in [-0.25, -0.2) is 9.59 Å². The van der Waals surface area contributed by atoms with Crippen LogP contribution in [0.25, 0.3) is 11.1 Å². The Morgan fingerprint density at radius 2 is 1.16 bits per heavy atom. The van der Waals surface area contributed by atoms with Gasteiger partial charge in [-0.05, 0) is 44.9 Å². The quantitative estimate of drug-likeness (QED) is 0.101. The molecule has 0 saturated heterocycles. The highest BCUT2D eigenvalue weighted by Crippen LogP contribution is 2.49. The van der Waals surface area contributed by atoms with Crippen LogP contribution in [0.1, 0.15) is 54.0 Å². The Morgan fingerprint density at radius 3 is 1.61 bits per heavy atom. The summed E-state index contributed by atoms with van der Waals surface area (Å²) >= 11 is 1.50. The first kappa shape index (κ1) is 35.5. The predicted octanol–water partition coefficient (Wildman–Crippen LogP) is 8.23. The Balaban J connectivity index is 1.31. The number of rotatable bonds is 14. The monoisotopic (exact) mass is 698 g/mol. The molecule has 260 valence electrons. The SMILES string of the molecule is CC[C@H](C)[C@H](NC(=O)[C@H](CSC(c1ccccc1)(c1ccccc1)c1ccccc1)NC(=O)OCC1c2ccccc2-c2ccccc21)C(=O)O. The lowest BCUT2D eigenvalue weighted by Gasteiger charge is -2.36. The van der Waals surface area contributed by atoms with Crippen LogP contribution in [0, 0.1) is 5.92 Å². The van der Waals surface area contributed by atoms with E-state index in [2.05, 4.69) is 59.2 Å². The van der Waals surface area contributed by atoms with E-state index in [-0.39, 0.29) is 24.2 Å². The number of hydrogen-bond acceptors (Lipinski definition) is 5. The van der Waals surface area contributed by atoms with E-state index in [1.54, 1.807) is 6.92 Å². The van der Waals surface area contributed by atoms with Crippen LogP contribution in [0.2, 0.25) is 0 Å². The molecule has 0 aromatic heterocycles. The number of carbonyl (C=O) groups is 3. The van der Waals surface area contributed by atoms with Gasteiger partial charge in [0.1, 0.15) is 18.7 Å². The average molecular weight is 699 g/mol. The molecule has 3 atom stereocenters. The molecule has 5 aromatic rings. The van der Waals surface area contributed by atoms with Crippen LogP contribution in [0.15, 0.2) is 140 Å². The third kappa shape index (κ3) is 7.56. The van der Waals surface area contributed by atoms with Crippen molar-refractivity contribution in [2.75, 3.05) is 12.4 Å². The van der Waals surface area contributed by atoms with Crippen LogP contribution < -0.4 is 10.6 Å². The Bertz CT molecular complexity index is 1810. The van der Waals surface area contributed by atoms with E-state index >= 15 is 0 Å². The van der Waals surface area contributed by atoms with E-state index in [1.165, 1.54) is 11.8 Å². The fourth-order valence-electron chi connectivity index (χ4n) is 6.88. The van der Waals surface area contributed by atoms with Crippen molar-refractivity contribution >= 4 is 29.7 Å². The molecule has 5 aromatic carbocycles. The standard InChI is InChI=1S/C43H42N2O5S/c1-3-29(2)39(41(47)48)45-40(46)38(44-42(49)50-27-37-35-25-15-13-23-33(35)34-24-14-16-26-36(34)37)28-51-43(30-17-7-4-8-18-30,31-19-9-5-10-20-31)32-21-11-6-12-22-32/h4-26,29,37-39H,3,27-28H2,1-2H3,(H,44,49)(H,45,46)(H,47,48)/t29-,38-,39-/m0/s1. The van der Waals surface area contributed by atoms with Gasteiger partial charge in [0.15, 0.2) is 0 Å². The molecule has 6 rings (SSSR count). The van der Waals surface area contributed by atoms with Gasteiger partial charge < -0.3 is 20.5 Å². The molecule has 0 spiro atoms. The number of alkyl carbamates (subject to hydrolysis) is 1. The molecule has 51 heavy (non-hydrogen) atoms. The molecule has 0 saturated carbocycles. The van der Waals surface area contributed by atoms with Crippen molar-refractivity contribution < 1.29 is 24.2 Å². The summed E-state index contributed by atoms with van der Waals surface area (Å²) in [4.78, 5) is 40.0. The molecule has 1 aliphatic carbocycles. The number of carboxylic acid groups (broad SMARTS) is 1. The number of carboxylic acids is 1. The largest absolute Gasteiger partial charge is 0.480 e. The van der Waals surface area contributed by atoms with Crippen molar-refractivity contribution in [3.63, 3.8) is 0 Å². The van der Waals surface area contributed by atoms with Crippen molar-refractivity contribution in [2.24, 2.45) is 5.92 Å². The molecule has 0 aliphatic heterocycles. The summed E-state index contributed by atoms with van der Waals surface area (Å²) in [5, 5.41) is 15.6. The minimum atomic E-state index is -1.13. The zero-order valence-corrected chi connectivity index (χ0v) is 29.5. The summed E-state index contributed by atoms with van der Waals surface area (Å²) in [5.41, 5.74) is 7.36. The normalized spacial score (nSPS) is 14.0. The van der Waals surface area contributed by atoms with Gasteiger partial charge in [0.05, 0.1) is 4.75 Å². The van der Waals surface area contributed by atoms with Crippen LogP contribution >= 0.6 is 11.8 Å². The zero-order chi connectivity index (χ0) is 35.8. The van der Waals surface area contributed by atoms with E-state index in [0.29, 0.717) is 6.42 Å². The van der Waals surface area contributed by atoms with Gasteiger partial charge in [-0.3, -0.25) is 4.79 Å². The molecule has 0 radical (unpaired) electrons. The number of ether oxygens (including phenoxy) is 1. The van der Waals surface area contributed by atoms with Gasteiger partial charge in [0.2, 0.25) is 5.91 Å². The fourth-order valence-corrected chi connectivity index (χ4v) is 8.44. The van der Waals surface area contributed by atoms with Gasteiger partial charge in [0, 0.05) is 11.7 Å². The number of thioether (sulfide) groups is 1. The van der Waals surface area contributed by atoms with Crippen molar-refractivity contribution in [3.8, 4) is 11.1 Å². The molecule has 0 heterocycles. The van der Waals surface area contributed by atoms with Crippen LogP contribution in [0.5, 0.6) is 0 Å². The summed E-state index contributed by atoms with van der Waals surface area (Å²) in [6.45, 7) is 3.74. The molecule has 2 amide bonds. The molecule has 1 aliphatic rings. The molecule has 0 fully saturated rings. The second-order valence-corrected chi connectivity index (χ2v) is 14.1. The van der Waals surface area contributed by atoms with Crippen LogP contribution in [-0.4, -0.2) is 47.5 Å². The lowest BCUT2D eigenvalue weighted by atomic mass is 9.84. The molecular formula is C43H42N2O5S. The number of fused-ring (bicyclic) bond motifs is 3. The predicted molar refractivity (Wildman–Crippen MR) is 203 cm³/mol. The maximum atomic E-state index is 14.1. The second-order valence-electron chi connectivity index (χ2n) is 12.8. The fraction of sp³-hybridized carbons (Fsp3) is 0.233. The summed E-state index contributed by atoms with van der Waals surface area (Å²) in [6.07, 6.45) is -0.201. The van der Waals surface area contributed by atoms with Gasteiger partial charge in [0.25, 0.3) is 0 Å². The first-order valence-electron chi connectivity index (χ1n) is 17.3. The van der Waals surface area contributed by atoms with Gasteiger partial charge in [-0.15, -0.1) is 11.8 Å². The number of amides is 2. The first-order chi connectivity index (χ1) is 24.8. The molecule has 0 bridgehead atoms. The number of hydrogen-bond donors (Lipinski definition) is 3. The first-order valence-corrected chi connectivity index (χ1v) is 18.3. The maximum absolute atomic E-state index is 14.1. The number of aliphatic carboxylic acids is 1. The van der Waals surface area contributed by atoms with Crippen molar-refractivity contribution in [2.45, 2.75) is 43.0 Å². The van der Waals surface area contributed by atoms with Crippen LogP contribution in [0.4, 0.5) is 4.79 Å². The van der Waals surface area contributed by atoms with Crippen molar-refractivity contribution in [1.82, 2.24) is 10.6 Å². The molecule has 7 nitrogen and oxygen atoms in total.